The third kappa shape index (κ3) is 3.09. The average molecular weight is 326 g/mol. The number of nitrogens with one attached hydrogen (secondary N) is 1. The van der Waals surface area contributed by atoms with E-state index < -0.39 is 0 Å². The second-order valence-electron chi connectivity index (χ2n) is 4.73. The summed E-state index contributed by atoms with van der Waals surface area (Å²) in [5.74, 6) is 1.92. The predicted molar refractivity (Wildman–Crippen MR) is 79.2 cm³/mol. The van der Waals surface area contributed by atoms with Crippen molar-refractivity contribution in [1.29, 1.82) is 0 Å². The molecule has 0 aromatic carbocycles. The van der Waals surface area contributed by atoms with Gasteiger partial charge in [0.15, 0.2) is 0 Å². The number of nitrogens with zero attached hydrogens (tertiary/aromatic N) is 2. The Labute approximate surface area is 122 Å². The van der Waals surface area contributed by atoms with Crippen LogP contribution < -0.4 is 5.32 Å². The Kier molecular flexibility index (Phi) is 4.47. The molecule has 0 amide bonds. The molecule has 0 aliphatic carbocycles. The number of aromatic nitrogens is 2. The van der Waals surface area contributed by atoms with Crippen molar-refractivity contribution in [3.8, 4) is 0 Å². The second kappa shape index (κ2) is 5.92. The zero-order valence-corrected chi connectivity index (χ0v) is 13.4. The van der Waals surface area contributed by atoms with Gasteiger partial charge in [-0.25, -0.2) is 0 Å². The Morgan fingerprint density at radius 1 is 1.42 bits per heavy atom. The fourth-order valence-corrected chi connectivity index (χ4v) is 2.75. The molecule has 0 saturated carbocycles. The van der Waals surface area contributed by atoms with Gasteiger partial charge in [0.05, 0.1) is 21.9 Å². The standard InChI is InChI=1S/C14H20BrN3O/c1-5-16-11(13-7-6-9(2)19-13)8-12-14(15)10(3)17-18(12)4/h6-7,11,16H,5,8H2,1-4H3. The Hall–Kier alpha value is -1.07. The Bertz CT molecular complexity index is 559. The van der Waals surface area contributed by atoms with E-state index in [0.29, 0.717) is 0 Å². The Morgan fingerprint density at radius 3 is 2.63 bits per heavy atom. The monoisotopic (exact) mass is 325 g/mol. The number of likely N-dealkylation sites (N-methyl/N-ethyl adjacent to an activating group) is 1. The summed E-state index contributed by atoms with van der Waals surface area (Å²) >= 11 is 3.62. The molecule has 2 heterocycles. The maximum atomic E-state index is 5.75. The van der Waals surface area contributed by atoms with E-state index in [1.165, 1.54) is 5.69 Å². The molecule has 0 spiro atoms. The van der Waals surface area contributed by atoms with Crippen LogP contribution in [0.15, 0.2) is 21.0 Å². The lowest BCUT2D eigenvalue weighted by molar-refractivity contribution is 0.398. The fraction of sp³-hybridized carbons (Fsp3) is 0.500. The van der Waals surface area contributed by atoms with Gasteiger partial charge in [-0.2, -0.15) is 5.10 Å². The van der Waals surface area contributed by atoms with Crippen molar-refractivity contribution >= 4 is 15.9 Å². The maximum Gasteiger partial charge on any atom is 0.121 e. The summed E-state index contributed by atoms with van der Waals surface area (Å²) in [6.45, 7) is 6.98. The van der Waals surface area contributed by atoms with Crippen LogP contribution in [0.3, 0.4) is 0 Å². The van der Waals surface area contributed by atoms with Gasteiger partial charge in [-0.1, -0.05) is 6.92 Å². The molecule has 2 aromatic heterocycles. The average Bonchev–Trinajstić information content (AvgIpc) is 2.88. The SMILES string of the molecule is CCNC(Cc1c(Br)c(C)nn1C)c1ccc(C)o1. The summed E-state index contributed by atoms with van der Waals surface area (Å²) in [7, 11) is 1.98. The van der Waals surface area contributed by atoms with Gasteiger partial charge in [0, 0.05) is 13.5 Å². The minimum absolute atomic E-state index is 0.171. The van der Waals surface area contributed by atoms with E-state index in [1.807, 2.05) is 37.7 Å². The number of furan rings is 1. The van der Waals surface area contributed by atoms with Crippen LogP contribution in [0.2, 0.25) is 0 Å². The molecule has 1 atom stereocenters. The van der Waals surface area contributed by atoms with Crippen LogP contribution in [0.1, 0.15) is 35.9 Å². The fourth-order valence-electron chi connectivity index (χ4n) is 2.26. The van der Waals surface area contributed by atoms with Crippen LogP contribution in [-0.2, 0) is 13.5 Å². The largest absolute Gasteiger partial charge is 0.465 e. The molecule has 1 N–H and O–H groups in total. The molecule has 0 bridgehead atoms. The van der Waals surface area contributed by atoms with Gasteiger partial charge in [-0.3, -0.25) is 4.68 Å². The van der Waals surface area contributed by atoms with Crippen LogP contribution in [-0.4, -0.2) is 16.3 Å². The third-order valence-electron chi connectivity index (χ3n) is 3.21. The van der Waals surface area contributed by atoms with E-state index in [-0.39, 0.29) is 6.04 Å². The molecule has 2 aromatic rings. The molecule has 0 saturated heterocycles. The summed E-state index contributed by atoms with van der Waals surface area (Å²) in [5, 5.41) is 7.90. The van der Waals surface area contributed by atoms with Crippen molar-refractivity contribution in [2.45, 2.75) is 33.2 Å². The maximum absolute atomic E-state index is 5.75. The van der Waals surface area contributed by atoms with E-state index in [2.05, 4.69) is 33.3 Å². The molecule has 1 unspecified atom stereocenters. The van der Waals surface area contributed by atoms with Crippen LogP contribution in [0.4, 0.5) is 0 Å². The van der Waals surface area contributed by atoms with Crippen molar-refractivity contribution < 1.29 is 4.42 Å². The minimum atomic E-state index is 0.171. The molecule has 2 rings (SSSR count). The van der Waals surface area contributed by atoms with E-state index in [0.717, 1.165) is 34.7 Å². The van der Waals surface area contributed by atoms with Crippen LogP contribution >= 0.6 is 15.9 Å². The molecular weight excluding hydrogens is 306 g/mol. The van der Waals surface area contributed by atoms with Crippen molar-refractivity contribution in [1.82, 2.24) is 15.1 Å². The summed E-state index contributed by atoms with van der Waals surface area (Å²) in [6.07, 6.45) is 0.846. The predicted octanol–water partition coefficient (Wildman–Crippen LogP) is 3.29. The third-order valence-corrected chi connectivity index (χ3v) is 4.25. The van der Waals surface area contributed by atoms with Crippen LogP contribution in [0, 0.1) is 13.8 Å². The van der Waals surface area contributed by atoms with Crippen LogP contribution in [0.5, 0.6) is 0 Å². The van der Waals surface area contributed by atoms with Gasteiger partial charge < -0.3 is 9.73 Å². The van der Waals surface area contributed by atoms with Crippen molar-refractivity contribution in [2.75, 3.05) is 6.54 Å². The summed E-state index contributed by atoms with van der Waals surface area (Å²) in [6, 6.07) is 4.22. The normalized spacial score (nSPS) is 12.9. The molecule has 0 radical (unpaired) electrons. The molecule has 4 nitrogen and oxygen atoms in total. The highest BCUT2D eigenvalue weighted by atomic mass is 79.9. The molecule has 104 valence electrons. The van der Waals surface area contributed by atoms with Crippen molar-refractivity contribution in [3.63, 3.8) is 0 Å². The molecule has 0 aliphatic heterocycles. The highest BCUT2D eigenvalue weighted by Crippen LogP contribution is 2.26. The molecule has 0 aliphatic rings. The lowest BCUT2D eigenvalue weighted by Crippen LogP contribution is -2.23. The van der Waals surface area contributed by atoms with Gasteiger partial charge in [0.1, 0.15) is 11.5 Å². The molecule has 5 heteroatoms. The van der Waals surface area contributed by atoms with E-state index >= 15 is 0 Å². The quantitative estimate of drug-likeness (QED) is 0.917. The molecular formula is C14H20BrN3O. The van der Waals surface area contributed by atoms with Gasteiger partial charge >= 0.3 is 0 Å². The van der Waals surface area contributed by atoms with Gasteiger partial charge in [0.2, 0.25) is 0 Å². The number of rotatable bonds is 5. The minimum Gasteiger partial charge on any atom is -0.465 e. The first-order valence-corrected chi connectivity index (χ1v) is 7.30. The Morgan fingerprint density at radius 2 is 2.16 bits per heavy atom. The van der Waals surface area contributed by atoms with E-state index in [1.54, 1.807) is 0 Å². The van der Waals surface area contributed by atoms with Gasteiger partial charge in [0.25, 0.3) is 0 Å². The van der Waals surface area contributed by atoms with Gasteiger partial charge in [-0.15, -0.1) is 0 Å². The van der Waals surface area contributed by atoms with Gasteiger partial charge in [-0.05, 0) is 48.5 Å². The number of halogens is 1. The summed E-state index contributed by atoms with van der Waals surface area (Å²) < 4.78 is 8.76. The first kappa shape index (κ1) is 14.3. The lowest BCUT2D eigenvalue weighted by atomic mass is 10.1. The lowest BCUT2D eigenvalue weighted by Gasteiger charge is -2.16. The molecule has 0 fully saturated rings. The molecule has 19 heavy (non-hydrogen) atoms. The zero-order chi connectivity index (χ0) is 14.0. The van der Waals surface area contributed by atoms with Crippen molar-refractivity contribution in [3.05, 3.63) is 39.5 Å². The number of hydrogen-bond donors (Lipinski definition) is 1. The topological polar surface area (TPSA) is 43.0 Å². The smallest absolute Gasteiger partial charge is 0.121 e. The highest BCUT2D eigenvalue weighted by Gasteiger charge is 2.19. The van der Waals surface area contributed by atoms with E-state index in [9.17, 15) is 0 Å². The Balaban J connectivity index is 2.26. The van der Waals surface area contributed by atoms with Crippen LogP contribution in [0.25, 0.3) is 0 Å². The summed E-state index contributed by atoms with van der Waals surface area (Å²) in [5.41, 5.74) is 2.20. The first-order valence-electron chi connectivity index (χ1n) is 6.50. The first-order chi connectivity index (χ1) is 9.02. The highest BCUT2D eigenvalue weighted by molar-refractivity contribution is 9.10. The van der Waals surface area contributed by atoms with Crippen molar-refractivity contribution in [2.24, 2.45) is 7.05 Å². The number of aryl methyl sites for hydroxylation is 3. The van der Waals surface area contributed by atoms with E-state index in [4.69, 9.17) is 4.42 Å². The second-order valence-corrected chi connectivity index (χ2v) is 5.53. The zero-order valence-electron chi connectivity index (χ0n) is 11.8. The summed E-state index contributed by atoms with van der Waals surface area (Å²) in [4.78, 5) is 0. The number of hydrogen-bond acceptors (Lipinski definition) is 3.